The Hall–Kier alpha value is -1.75. The van der Waals surface area contributed by atoms with Crippen LogP contribution in [0.2, 0.25) is 0 Å². The van der Waals surface area contributed by atoms with Crippen molar-refractivity contribution in [1.82, 2.24) is 4.90 Å². The predicted octanol–water partition coefficient (Wildman–Crippen LogP) is 2.20. The van der Waals surface area contributed by atoms with Gasteiger partial charge in [0.15, 0.2) is 0 Å². The average molecular weight is 276 g/mol. The molecule has 5 heteroatoms. The number of hydrogen-bond acceptors (Lipinski definition) is 4. The summed E-state index contributed by atoms with van der Waals surface area (Å²) in [6, 6.07) is 6.87. The minimum atomic E-state index is -0.354. The fraction of sp³-hybridized carbons (Fsp3) is 0.533. The molecule has 1 aromatic carbocycles. The number of para-hydroxylation sites is 2. The molecule has 5 nitrogen and oxygen atoms in total. The Bertz CT molecular complexity index is 520. The number of likely N-dealkylation sites (tertiary alicyclic amines) is 1. The van der Waals surface area contributed by atoms with Crippen molar-refractivity contribution >= 4 is 11.8 Å². The number of rotatable bonds is 1. The minimum absolute atomic E-state index is 0.112. The summed E-state index contributed by atoms with van der Waals surface area (Å²) in [7, 11) is 2.06. The average Bonchev–Trinajstić information content (AvgIpc) is 2.40. The largest absolute Gasteiger partial charge is 0.506 e. The number of phenols is 1. The molecule has 108 valence electrons. The molecule has 2 heterocycles. The lowest BCUT2D eigenvalue weighted by Gasteiger charge is -2.45. The minimum Gasteiger partial charge on any atom is -0.506 e. The van der Waals surface area contributed by atoms with E-state index in [0.29, 0.717) is 12.2 Å². The van der Waals surface area contributed by atoms with Crippen LogP contribution in [0.1, 0.15) is 19.3 Å². The Balaban J connectivity index is 1.77. The molecule has 1 aromatic rings. The summed E-state index contributed by atoms with van der Waals surface area (Å²) in [5.74, 6) is 0.112. The molecular weight excluding hydrogens is 256 g/mol. The molecule has 3 rings (SSSR count). The number of amides is 1. The maximum absolute atomic E-state index is 12.3. The van der Waals surface area contributed by atoms with Gasteiger partial charge in [0, 0.05) is 19.5 Å². The first-order valence-corrected chi connectivity index (χ1v) is 7.07. The molecule has 0 saturated carbocycles. The molecule has 2 saturated heterocycles. The fourth-order valence-electron chi connectivity index (χ4n) is 3.22. The van der Waals surface area contributed by atoms with Crippen molar-refractivity contribution in [3.8, 4) is 5.75 Å². The van der Waals surface area contributed by atoms with Gasteiger partial charge in [-0.25, -0.2) is 4.79 Å². The van der Waals surface area contributed by atoms with Crippen LogP contribution in [-0.2, 0) is 4.74 Å². The van der Waals surface area contributed by atoms with E-state index in [4.69, 9.17) is 4.74 Å². The number of aromatic hydroxyl groups is 1. The lowest BCUT2D eigenvalue weighted by Crippen LogP contribution is -2.56. The number of nitrogens with zero attached hydrogens (tertiary/aromatic N) is 2. The van der Waals surface area contributed by atoms with E-state index in [1.54, 1.807) is 24.3 Å². The lowest BCUT2D eigenvalue weighted by molar-refractivity contribution is -0.0500. The quantitative estimate of drug-likeness (QED) is 0.854. The fourth-order valence-corrected chi connectivity index (χ4v) is 3.22. The van der Waals surface area contributed by atoms with Crippen molar-refractivity contribution < 1.29 is 14.6 Å². The normalized spacial score (nSPS) is 27.6. The van der Waals surface area contributed by atoms with Crippen LogP contribution in [0.25, 0.3) is 0 Å². The summed E-state index contributed by atoms with van der Waals surface area (Å²) in [6.07, 6.45) is 2.43. The van der Waals surface area contributed by atoms with Crippen molar-refractivity contribution in [1.29, 1.82) is 0 Å². The van der Waals surface area contributed by atoms with Gasteiger partial charge in [-0.3, -0.25) is 4.90 Å². The van der Waals surface area contributed by atoms with Crippen LogP contribution in [-0.4, -0.2) is 48.4 Å². The highest BCUT2D eigenvalue weighted by molar-refractivity contribution is 5.90. The molecule has 0 radical (unpaired) electrons. The molecule has 1 atom stereocenters. The van der Waals surface area contributed by atoms with Crippen LogP contribution in [0.4, 0.5) is 10.5 Å². The number of benzene rings is 1. The summed E-state index contributed by atoms with van der Waals surface area (Å²) in [5, 5.41) is 9.87. The third-order valence-electron chi connectivity index (χ3n) is 4.22. The SMILES string of the molecule is CN1CCCC2(CCN(c3ccccc3O)C(=O)O2)C1. The number of carbonyl (C=O) groups excluding carboxylic acids is 1. The molecule has 1 spiro atoms. The zero-order chi connectivity index (χ0) is 14.2. The zero-order valence-corrected chi connectivity index (χ0v) is 11.7. The summed E-state index contributed by atoms with van der Waals surface area (Å²) in [6.45, 7) is 2.44. The van der Waals surface area contributed by atoms with E-state index in [1.807, 2.05) is 0 Å². The van der Waals surface area contributed by atoms with Crippen LogP contribution in [0.5, 0.6) is 5.75 Å². The molecule has 20 heavy (non-hydrogen) atoms. The maximum Gasteiger partial charge on any atom is 0.415 e. The van der Waals surface area contributed by atoms with Gasteiger partial charge < -0.3 is 14.7 Å². The van der Waals surface area contributed by atoms with Crippen molar-refractivity contribution in [2.45, 2.75) is 24.9 Å². The van der Waals surface area contributed by atoms with Crippen LogP contribution in [0.15, 0.2) is 24.3 Å². The van der Waals surface area contributed by atoms with Gasteiger partial charge in [0.1, 0.15) is 11.4 Å². The van der Waals surface area contributed by atoms with Gasteiger partial charge in [-0.1, -0.05) is 12.1 Å². The van der Waals surface area contributed by atoms with Crippen molar-refractivity contribution in [3.63, 3.8) is 0 Å². The summed E-state index contributed by atoms with van der Waals surface area (Å²) < 4.78 is 5.74. The third kappa shape index (κ3) is 2.33. The van der Waals surface area contributed by atoms with Crippen LogP contribution >= 0.6 is 0 Å². The zero-order valence-electron chi connectivity index (χ0n) is 11.7. The molecule has 2 aliphatic rings. The Morgan fingerprint density at radius 1 is 1.25 bits per heavy atom. The smallest absolute Gasteiger partial charge is 0.415 e. The number of likely N-dealkylation sites (N-methyl/N-ethyl adjacent to an activating group) is 1. The Morgan fingerprint density at radius 3 is 2.75 bits per heavy atom. The van der Waals surface area contributed by atoms with Gasteiger partial charge in [-0.15, -0.1) is 0 Å². The van der Waals surface area contributed by atoms with Gasteiger partial charge in [0.2, 0.25) is 0 Å². The van der Waals surface area contributed by atoms with E-state index in [9.17, 15) is 9.90 Å². The standard InChI is InChI=1S/C15H20N2O3/c1-16-9-4-7-15(11-16)8-10-17(14(19)20-15)12-5-2-3-6-13(12)18/h2-3,5-6,18H,4,7-11H2,1H3. The predicted molar refractivity (Wildman–Crippen MR) is 76.0 cm³/mol. The molecular formula is C15H20N2O3. The number of anilines is 1. The Kier molecular flexibility index (Phi) is 3.30. The highest BCUT2D eigenvalue weighted by atomic mass is 16.6. The molecule has 1 N–H and O–H groups in total. The molecule has 2 fully saturated rings. The molecule has 2 aliphatic heterocycles. The molecule has 0 bridgehead atoms. The highest BCUT2D eigenvalue weighted by Crippen LogP contribution is 2.36. The first-order chi connectivity index (χ1) is 9.60. The topological polar surface area (TPSA) is 53.0 Å². The van der Waals surface area contributed by atoms with Gasteiger partial charge in [-0.05, 0) is 38.6 Å². The van der Waals surface area contributed by atoms with E-state index < -0.39 is 0 Å². The Labute approximate surface area is 118 Å². The molecule has 0 aliphatic carbocycles. The molecule has 0 aromatic heterocycles. The van der Waals surface area contributed by atoms with E-state index in [-0.39, 0.29) is 17.4 Å². The number of phenolic OH excluding ortho intramolecular Hbond substituents is 1. The van der Waals surface area contributed by atoms with Crippen molar-refractivity contribution in [2.75, 3.05) is 31.6 Å². The monoisotopic (exact) mass is 276 g/mol. The second-order valence-electron chi connectivity index (χ2n) is 5.78. The second-order valence-corrected chi connectivity index (χ2v) is 5.78. The van der Waals surface area contributed by atoms with Gasteiger partial charge in [0.25, 0.3) is 0 Å². The maximum atomic E-state index is 12.3. The van der Waals surface area contributed by atoms with Gasteiger partial charge >= 0.3 is 6.09 Å². The van der Waals surface area contributed by atoms with E-state index in [2.05, 4.69) is 11.9 Å². The summed E-state index contributed by atoms with van der Waals surface area (Å²) in [4.78, 5) is 16.0. The van der Waals surface area contributed by atoms with Crippen molar-refractivity contribution in [3.05, 3.63) is 24.3 Å². The highest BCUT2D eigenvalue weighted by Gasteiger charge is 2.43. The number of hydrogen-bond donors (Lipinski definition) is 1. The van der Waals surface area contributed by atoms with Crippen LogP contribution in [0, 0.1) is 0 Å². The van der Waals surface area contributed by atoms with E-state index >= 15 is 0 Å². The van der Waals surface area contributed by atoms with Gasteiger partial charge in [0.05, 0.1) is 5.69 Å². The third-order valence-corrected chi connectivity index (χ3v) is 4.22. The second kappa shape index (κ2) is 4.98. The van der Waals surface area contributed by atoms with E-state index in [1.165, 1.54) is 4.90 Å². The molecule has 1 amide bonds. The van der Waals surface area contributed by atoms with Gasteiger partial charge in [-0.2, -0.15) is 0 Å². The Morgan fingerprint density at radius 2 is 2.05 bits per heavy atom. The van der Waals surface area contributed by atoms with Crippen LogP contribution in [0.3, 0.4) is 0 Å². The number of piperidine rings is 1. The summed E-state index contributed by atoms with van der Waals surface area (Å²) in [5.41, 5.74) is 0.182. The van der Waals surface area contributed by atoms with Crippen LogP contribution < -0.4 is 4.90 Å². The summed E-state index contributed by atoms with van der Waals surface area (Å²) >= 11 is 0. The van der Waals surface area contributed by atoms with E-state index in [0.717, 1.165) is 32.4 Å². The molecule has 1 unspecified atom stereocenters. The number of carbonyl (C=O) groups is 1. The first kappa shape index (κ1) is 13.2. The lowest BCUT2D eigenvalue weighted by atomic mass is 9.88. The van der Waals surface area contributed by atoms with Crippen molar-refractivity contribution in [2.24, 2.45) is 0 Å². The first-order valence-electron chi connectivity index (χ1n) is 7.07. The number of ether oxygens (including phenoxy) is 1.